The predicted octanol–water partition coefficient (Wildman–Crippen LogP) is 2.82. The van der Waals surface area contributed by atoms with Gasteiger partial charge in [-0.2, -0.15) is 0 Å². The summed E-state index contributed by atoms with van der Waals surface area (Å²) in [6.45, 7) is 6.49. The van der Waals surface area contributed by atoms with Crippen LogP contribution in [0, 0.1) is 5.92 Å². The standard InChI is InChI=1S/C15H22N4S/c1-11(2)14-15-18-17-13(19(15)9-8-16-14)7-3-5-12-6-4-10-20-12/h4,6,10-11,14,16H,3,5,7-9H2,1-2H3. The van der Waals surface area contributed by atoms with Gasteiger partial charge < -0.3 is 9.88 Å². The lowest BCUT2D eigenvalue weighted by Gasteiger charge is -2.27. The third-order valence-electron chi connectivity index (χ3n) is 3.90. The second-order valence-electron chi connectivity index (χ2n) is 5.73. The Bertz CT molecular complexity index is 544. The average Bonchev–Trinajstić information content (AvgIpc) is 3.08. The summed E-state index contributed by atoms with van der Waals surface area (Å²) in [5, 5.41) is 14.5. The maximum Gasteiger partial charge on any atom is 0.150 e. The molecule has 0 saturated heterocycles. The highest BCUT2D eigenvalue weighted by Gasteiger charge is 2.26. The minimum Gasteiger partial charge on any atom is -0.312 e. The van der Waals surface area contributed by atoms with Crippen molar-refractivity contribution in [3.63, 3.8) is 0 Å². The van der Waals surface area contributed by atoms with E-state index in [9.17, 15) is 0 Å². The van der Waals surface area contributed by atoms with Crippen molar-refractivity contribution in [2.75, 3.05) is 6.54 Å². The Kier molecular flexibility index (Phi) is 4.17. The van der Waals surface area contributed by atoms with Crippen LogP contribution in [0.5, 0.6) is 0 Å². The minimum atomic E-state index is 0.349. The number of nitrogens with one attached hydrogen (secondary N) is 1. The molecule has 20 heavy (non-hydrogen) atoms. The van der Waals surface area contributed by atoms with E-state index in [-0.39, 0.29) is 0 Å². The van der Waals surface area contributed by atoms with E-state index in [1.54, 1.807) is 0 Å². The number of fused-ring (bicyclic) bond motifs is 1. The maximum absolute atomic E-state index is 4.43. The Morgan fingerprint density at radius 3 is 3.05 bits per heavy atom. The number of rotatable bonds is 5. The van der Waals surface area contributed by atoms with E-state index in [2.05, 4.69) is 51.4 Å². The van der Waals surface area contributed by atoms with Crippen LogP contribution < -0.4 is 5.32 Å². The Morgan fingerprint density at radius 2 is 2.30 bits per heavy atom. The molecular weight excluding hydrogens is 268 g/mol. The average molecular weight is 290 g/mol. The summed E-state index contributed by atoms with van der Waals surface area (Å²) in [7, 11) is 0. The Labute approximate surface area is 124 Å². The first-order valence-electron chi connectivity index (χ1n) is 7.43. The van der Waals surface area contributed by atoms with Gasteiger partial charge in [0, 0.05) is 24.4 Å². The molecule has 3 heterocycles. The summed E-state index contributed by atoms with van der Waals surface area (Å²) in [6.07, 6.45) is 3.32. The lowest BCUT2D eigenvalue weighted by molar-refractivity contribution is 0.334. The summed E-state index contributed by atoms with van der Waals surface area (Å²) in [4.78, 5) is 1.46. The van der Waals surface area contributed by atoms with Gasteiger partial charge in [0.2, 0.25) is 0 Å². The van der Waals surface area contributed by atoms with Crippen molar-refractivity contribution < 1.29 is 0 Å². The first kappa shape index (κ1) is 13.8. The third kappa shape index (κ3) is 2.79. The van der Waals surface area contributed by atoms with E-state index in [1.165, 1.54) is 4.88 Å². The molecule has 0 amide bonds. The van der Waals surface area contributed by atoms with E-state index >= 15 is 0 Å². The topological polar surface area (TPSA) is 42.7 Å². The fourth-order valence-electron chi connectivity index (χ4n) is 2.84. The van der Waals surface area contributed by atoms with Crippen molar-refractivity contribution in [1.29, 1.82) is 0 Å². The Balaban J connectivity index is 1.66. The van der Waals surface area contributed by atoms with E-state index in [0.717, 1.165) is 44.0 Å². The zero-order valence-corrected chi connectivity index (χ0v) is 13.0. The molecule has 0 aromatic carbocycles. The molecule has 1 aliphatic heterocycles. The normalized spacial score (nSPS) is 18.4. The van der Waals surface area contributed by atoms with E-state index in [1.807, 2.05) is 11.3 Å². The first-order chi connectivity index (χ1) is 9.75. The molecule has 1 unspecified atom stereocenters. The van der Waals surface area contributed by atoms with Crippen molar-refractivity contribution in [2.45, 2.75) is 45.7 Å². The molecule has 1 atom stereocenters. The molecule has 5 heteroatoms. The molecule has 3 rings (SSSR count). The van der Waals surface area contributed by atoms with Crippen molar-refractivity contribution in [3.05, 3.63) is 34.0 Å². The highest BCUT2D eigenvalue weighted by Crippen LogP contribution is 2.24. The summed E-state index contributed by atoms with van der Waals surface area (Å²) in [5.74, 6) is 2.83. The van der Waals surface area contributed by atoms with Crippen LogP contribution in [0.3, 0.4) is 0 Å². The molecule has 0 fully saturated rings. The minimum absolute atomic E-state index is 0.349. The molecule has 2 aromatic heterocycles. The van der Waals surface area contributed by atoms with Crippen LogP contribution >= 0.6 is 11.3 Å². The molecule has 108 valence electrons. The van der Waals surface area contributed by atoms with Gasteiger partial charge >= 0.3 is 0 Å². The number of aryl methyl sites for hydroxylation is 2. The van der Waals surface area contributed by atoms with Gasteiger partial charge in [0.25, 0.3) is 0 Å². The van der Waals surface area contributed by atoms with Gasteiger partial charge in [-0.3, -0.25) is 0 Å². The van der Waals surface area contributed by atoms with Crippen LogP contribution in [0.25, 0.3) is 0 Å². The zero-order valence-electron chi connectivity index (χ0n) is 12.2. The van der Waals surface area contributed by atoms with Gasteiger partial charge in [0.15, 0.2) is 5.82 Å². The van der Waals surface area contributed by atoms with E-state index < -0.39 is 0 Å². The smallest absolute Gasteiger partial charge is 0.150 e. The number of aromatic nitrogens is 3. The number of nitrogens with zero attached hydrogens (tertiary/aromatic N) is 3. The molecule has 0 spiro atoms. The van der Waals surface area contributed by atoms with Gasteiger partial charge in [-0.15, -0.1) is 21.5 Å². The summed E-state index contributed by atoms with van der Waals surface area (Å²) < 4.78 is 2.33. The molecule has 2 aromatic rings. The first-order valence-corrected chi connectivity index (χ1v) is 8.31. The highest BCUT2D eigenvalue weighted by molar-refractivity contribution is 7.09. The Hall–Kier alpha value is -1.20. The van der Waals surface area contributed by atoms with Crippen LogP contribution in [0.2, 0.25) is 0 Å². The van der Waals surface area contributed by atoms with Gasteiger partial charge in [-0.05, 0) is 30.2 Å². The van der Waals surface area contributed by atoms with Crippen molar-refractivity contribution in [1.82, 2.24) is 20.1 Å². The van der Waals surface area contributed by atoms with Gasteiger partial charge in [0.1, 0.15) is 5.82 Å². The van der Waals surface area contributed by atoms with Crippen LogP contribution in [0.15, 0.2) is 17.5 Å². The maximum atomic E-state index is 4.43. The van der Waals surface area contributed by atoms with Gasteiger partial charge in [-0.25, -0.2) is 0 Å². The molecule has 0 aliphatic carbocycles. The molecule has 1 aliphatic rings. The predicted molar refractivity (Wildman–Crippen MR) is 81.9 cm³/mol. The molecule has 1 N–H and O–H groups in total. The van der Waals surface area contributed by atoms with Crippen molar-refractivity contribution >= 4 is 11.3 Å². The molecule has 0 bridgehead atoms. The van der Waals surface area contributed by atoms with Crippen molar-refractivity contribution in [2.24, 2.45) is 5.92 Å². The van der Waals surface area contributed by atoms with E-state index in [4.69, 9.17) is 0 Å². The molecular formula is C15H22N4S. The largest absolute Gasteiger partial charge is 0.312 e. The quantitative estimate of drug-likeness (QED) is 0.921. The second-order valence-corrected chi connectivity index (χ2v) is 6.77. The number of thiophene rings is 1. The fourth-order valence-corrected chi connectivity index (χ4v) is 3.59. The van der Waals surface area contributed by atoms with Gasteiger partial charge in [-0.1, -0.05) is 19.9 Å². The number of hydrogen-bond acceptors (Lipinski definition) is 4. The Morgan fingerprint density at radius 1 is 1.40 bits per heavy atom. The van der Waals surface area contributed by atoms with Crippen LogP contribution in [0.4, 0.5) is 0 Å². The monoisotopic (exact) mass is 290 g/mol. The molecule has 4 nitrogen and oxygen atoms in total. The molecule has 0 saturated carbocycles. The number of hydrogen-bond donors (Lipinski definition) is 1. The van der Waals surface area contributed by atoms with Crippen LogP contribution in [-0.2, 0) is 19.4 Å². The van der Waals surface area contributed by atoms with E-state index in [0.29, 0.717) is 12.0 Å². The van der Waals surface area contributed by atoms with Crippen molar-refractivity contribution in [3.8, 4) is 0 Å². The fraction of sp³-hybridized carbons (Fsp3) is 0.600. The highest BCUT2D eigenvalue weighted by atomic mass is 32.1. The lowest BCUT2D eigenvalue weighted by atomic mass is 10.0. The zero-order chi connectivity index (χ0) is 13.9. The molecule has 0 radical (unpaired) electrons. The lowest BCUT2D eigenvalue weighted by Crippen LogP contribution is -2.37. The SMILES string of the molecule is CC(C)C1NCCn2c(CCCc3cccs3)nnc21. The summed E-state index contributed by atoms with van der Waals surface area (Å²) in [6, 6.07) is 4.68. The van der Waals surface area contributed by atoms with Crippen LogP contribution in [-0.4, -0.2) is 21.3 Å². The summed E-state index contributed by atoms with van der Waals surface area (Å²) in [5.41, 5.74) is 0. The van der Waals surface area contributed by atoms with Gasteiger partial charge in [0.05, 0.1) is 6.04 Å². The summed E-state index contributed by atoms with van der Waals surface area (Å²) >= 11 is 1.84. The van der Waals surface area contributed by atoms with Crippen LogP contribution in [0.1, 0.15) is 42.8 Å². The second kappa shape index (κ2) is 6.06. The third-order valence-corrected chi connectivity index (χ3v) is 4.84.